The highest BCUT2D eigenvalue weighted by Gasteiger charge is 2.67. The molecule has 51 heavy (non-hydrogen) atoms. The molecule has 2 aliphatic carbocycles. The standard InChI is InChI=1S/C35H23ClF8N2O5/c1-33-22(30(49)46(32(33)51)17-3-6-24(37)23(36)12-17)13-21-19(28(33)14-2-7-26(47)25(38)8-14)4-5-20-27(21)31(50)45(29(20)48)18-10-15(34(39,40)41)9-16(11-18)35(42,43)44/h2-4,6-12,20-22,27-28,47H,5,13H2,1H3/t20-,21+,22-,27-,28-,33+/m0/s1. The van der Waals surface area contributed by atoms with Gasteiger partial charge in [-0.1, -0.05) is 29.3 Å². The number of carbonyl (C=O) groups is 4. The summed E-state index contributed by atoms with van der Waals surface area (Å²) in [7, 11) is 0. The van der Waals surface area contributed by atoms with Gasteiger partial charge in [0, 0.05) is 5.92 Å². The Morgan fingerprint density at radius 3 is 2.00 bits per heavy atom. The quantitative estimate of drug-likeness (QED) is 0.168. The Bertz CT molecular complexity index is 2070. The van der Waals surface area contributed by atoms with Crippen molar-refractivity contribution >= 4 is 46.6 Å². The van der Waals surface area contributed by atoms with Gasteiger partial charge in [-0.2, -0.15) is 26.3 Å². The highest BCUT2D eigenvalue weighted by atomic mass is 35.5. The first-order valence-electron chi connectivity index (χ1n) is 15.4. The molecule has 16 heteroatoms. The summed E-state index contributed by atoms with van der Waals surface area (Å²) >= 11 is 5.96. The molecule has 7 nitrogen and oxygen atoms in total. The van der Waals surface area contributed by atoms with Crippen LogP contribution in [-0.2, 0) is 31.5 Å². The molecular formula is C35H23ClF8N2O5. The van der Waals surface area contributed by atoms with Crippen LogP contribution in [0.4, 0.5) is 46.5 Å². The minimum atomic E-state index is -5.26. The number of allylic oxidation sites excluding steroid dienone is 2. The lowest BCUT2D eigenvalue weighted by atomic mass is 9.51. The maximum atomic E-state index is 14.9. The van der Waals surface area contributed by atoms with Crippen LogP contribution in [-0.4, -0.2) is 28.7 Å². The van der Waals surface area contributed by atoms with E-state index in [1.165, 1.54) is 19.1 Å². The number of hydrogen-bond acceptors (Lipinski definition) is 5. The third-order valence-electron chi connectivity index (χ3n) is 10.6. The van der Waals surface area contributed by atoms with Gasteiger partial charge in [0.15, 0.2) is 11.6 Å². The normalized spacial score (nSPS) is 27.8. The van der Waals surface area contributed by atoms with E-state index in [1.807, 2.05) is 0 Å². The van der Waals surface area contributed by atoms with Crippen molar-refractivity contribution in [3.05, 3.63) is 99.6 Å². The molecule has 7 rings (SSSR count). The first kappa shape index (κ1) is 34.6. The number of imide groups is 2. The molecule has 0 aromatic heterocycles. The van der Waals surface area contributed by atoms with Crippen LogP contribution < -0.4 is 9.80 Å². The molecule has 4 aliphatic rings. The summed E-state index contributed by atoms with van der Waals surface area (Å²) in [4.78, 5) is 57.5. The van der Waals surface area contributed by atoms with Crippen molar-refractivity contribution in [2.75, 3.05) is 9.80 Å². The second-order valence-electron chi connectivity index (χ2n) is 13.2. The number of phenols is 1. The molecule has 2 saturated heterocycles. The summed E-state index contributed by atoms with van der Waals surface area (Å²) in [5.74, 6) is -12.5. The Balaban J connectivity index is 1.36. The van der Waals surface area contributed by atoms with Crippen molar-refractivity contribution in [2.24, 2.45) is 29.1 Å². The first-order valence-corrected chi connectivity index (χ1v) is 15.8. The van der Waals surface area contributed by atoms with E-state index in [9.17, 15) is 59.4 Å². The number of anilines is 2. The van der Waals surface area contributed by atoms with E-state index in [0.717, 1.165) is 35.2 Å². The van der Waals surface area contributed by atoms with Gasteiger partial charge in [0.25, 0.3) is 0 Å². The van der Waals surface area contributed by atoms with Crippen molar-refractivity contribution in [3.63, 3.8) is 0 Å². The lowest BCUT2D eigenvalue weighted by molar-refractivity contribution is -0.143. The van der Waals surface area contributed by atoms with E-state index in [4.69, 9.17) is 11.6 Å². The minimum Gasteiger partial charge on any atom is -0.505 e. The van der Waals surface area contributed by atoms with Gasteiger partial charge in [-0.15, -0.1) is 0 Å². The van der Waals surface area contributed by atoms with E-state index in [-0.39, 0.29) is 42.3 Å². The number of nitrogens with zero attached hydrogens (tertiary/aromatic N) is 2. The van der Waals surface area contributed by atoms with Gasteiger partial charge in [0.2, 0.25) is 23.6 Å². The average molecular weight is 739 g/mol. The van der Waals surface area contributed by atoms with Gasteiger partial charge in [-0.25, -0.2) is 18.6 Å². The van der Waals surface area contributed by atoms with Gasteiger partial charge in [0.05, 0.1) is 50.7 Å². The topological polar surface area (TPSA) is 95.0 Å². The van der Waals surface area contributed by atoms with Crippen LogP contribution in [0.15, 0.2) is 66.2 Å². The van der Waals surface area contributed by atoms with E-state index in [2.05, 4.69) is 0 Å². The van der Waals surface area contributed by atoms with Crippen LogP contribution in [0.1, 0.15) is 42.4 Å². The Kier molecular flexibility index (Phi) is 7.72. The molecule has 0 radical (unpaired) electrons. The number of benzene rings is 3. The lowest BCUT2D eigenvalue weighted by Gasteiger charge is -2.49. The Labute approximate surface area is 288 Å². The van der Waals surface area contributed by atoms with Crippen molar-refractivity contribution in [3.8, 4) is 5.75 Å². The van der Waals surface area contributed by atoms with E-state index in [1.54, 1.807) is 0 Å². The van der Waals surface area contributed by atoms with Crippen LogP contribution in [0.5, 0.6) is 5.75 Å². The van der Waals surface area contributed by atoms with Gasteiger partial charge in [-0.05, 0) is 79.8 Å². The van der Waals surface area contributed by atoms with Gasteiger partial charge >= 0.3 is 12.4 Å². The van der Waals surface area contributed by atoms with Crippen LogP contribution in [0, 0.1) is 40.7 Å². The third-order valence-corrected chi connectivity index (χ3v) is 10.9. The highest BCUT2D eigenvalue weighted by Crippen LogP contribution is 2.64. The van der Waals surface area contributed by atoms with Crippen molar-refractivity contribution in [2.45, 2.75) is 38.0 Å². The number of rotatable bonds is 3. The van der Waals surface area contributed by atoms with E-state index < -0.39 is 110 Å². The molecule has 0 bridgehead atoms. The van der Waals surface area contributed by atoms with E-state index in [0.29, 0.717) is 10.5 Å². The Hall–Kier alpha value is -4.79. The Morgan fingerprint density at radius 2 is 1.41 bits per heavy atom. The zero-order valence-corrected chi connectivity index (χ0v) is 26.7. The Morgan fingerprint density at radius 1 is 0.765 bits per heavy atom. The van der Waals surface area contributed by atoms with Crippen molar-refractivity contribution in [1.82, 2.24) is 0 Å². The summed E-state index contributed by atoms with van der Waals surface area (Å²) < 4.78 is 111. The molecule has 3 fully saturated rings. The minimum absolute atomic E-state index is 0.0826. The number of aromatic hydroxyl groups is 1. The summed E-state index contributed by atoms with van der Waals surface area (Å²) in [6.07, 6.45) is -9.49. The lowest BCUT2D eigenvalue weighted by Crippen LogP contribution is -2.48. The fraction of sp³-hybridized carbons (Fsp3) is 0.314. The van der Waals surface area contributed by atoms with Gasteiger partial charge < -0.3 is 5.11 Å². The molecule has 4 amide bonds. The molecule has 1 saturated carbocycles. The number of carbonyl (C=O) groups excluding carboxylic acids is 4. The molecule has 0 spiro atoms. The highest BCUT2D eigenvalue weighted by molar-refractivity contribution is 6.32. The smallest absolute Gasteiger partial charge is 0.416 e. The molecule has 266 valence electrons. The van der Waals surface area contributed by atoms with Crippen LogP contribution in [0.3, 0.4) is 0 Å². The van der Waals surface area contributed by atoms with Crippen LogP contribution in [0.25, 0.3) is 0 Å². The summed E-state index contributed by atoms with van der Waals surface area (Å²) in [5.41, 5.74) is -5.75. The predicted molar refractivity (Wildman–Crippen MR) is 163 cm³/mol. The number of alkyl halides is 6. The molecule has 2 aliphatic heterocycles. The SMILES string of the molecule is C[C@@]12C(=O)N(c3ccc(F)c(Cl)c3)C(=O)[C@@H]1C[C@@H]1C(=CC[C@@H]3C(=O)N(c4cc(C(F)(F)F)cc(C(F)(F)F)c4)C(=O)[C@@H]31)[C@@H]2c1ccc(O)c(F)c1. The van der Waals surface area contributed by atoms with Crippen molar-refractivity contribution < 1.29 is 59.4 Å². The first-order chi connectivity index (χ1) is 23.7. The monoisotopic (exact) mass is 738 g/mol. The number of amides is 4. The fourth-order valence-corrected chi connectivity index (χ4v) is 8.47. The second kappa shape index (κ2) is 11.4. The zero-order chi connectivity index (χ0) is 37.1. The molecular weight excluding hydrogens is 716 g/mol. The number of halogens is 9. The summed E-state index contributed by atoms with van der Waals surface area (Å²) in [6.45, 7) is 1.46. The van der Waals surface area contributed by atoms with Crippen molar-refractivity contribution in [1.29, 1.82) is 0 Å². The largest absolute Gasteiger partial charge is 0.505 e. The number of hydrogen-bond donors (Lipinski definition) is 1. The maximum Gasteiger partial charge on any atom is 0.416 e. The van der Waals surface area contributed by atoms with Crippen LogP contribution in [0.2, 0.25) is 5.02 Å². The molecule has 1 N–H and O–H groups in total. The summed E-state index contributed by atoms with van der Waals surface area (Å²) in [5, 5.41) is 9.53. The van der Waals surface area contributed by atoms with Crippen LogP contribution >= 0.6 is 11.6 Å². The van der Waals surface area contributed by atoms with E-state index >= 15 is 0 Å². The predicted octanol–water partition coefficient (Wildman–Crippen LogP) is 7.80. The molecule has 0 unspecified atom stereocenters. The molecule has 3 aromatic rings. The van der Waals surface area contributed by atoms with Gasteiger partial charge in [0.1, 0.15) is 5.82 Å². The summed E-state index contributed by atoms with van der Waals surface area (Å²) in [6, 6.07) is 6.86. The maximum absolute atomic E-state index is 14.9. The fourth-order valence-electron chi connectivity index (χ4n) is 8.29. The molecule has 6 atom stereocenters. The number of fused-ring (bicyclic) bond motifs is 4. The molecule has 2 heterocycles. The average Bonchev–Trinajstić information content (AvgIpc) is 3.42. The second-order valence-corrected chi connectivity index (χ2v) is 13.7. The van der Waals surface area contributed by atoms with Gasteiger partial charge in [-0.3, -0.25) is 19.2 Å². The third kappa shape index (κ3) is 5.14. The number of phenolic OH excluding ortho intramolecular Hbond substituents is 1. The zero-order valence-electron chi connectivity index (χ0n) is 26.0. The molecule has 3 aromatic carbocycles.